The smallest absolute Gasteiger partial charge is 0.236 e. The molecule has 10 heterocycles. The Morgan fingerprint density at radius 1 is 0.344 bits per heavy atom. The van der Waals surface area contributed by atoms with Gasteiger partial charge < -0.3 is 18.1 Å². The highest BCUT2D eigenvalue weighted by Gasteiger charge is 2.40. The topological polar surface area (TPSA) is 97.3 Å². The Balaban J connectivity index is 0.000000108. The monoisotopic (exact) mass is 1580 g/mol. The number of nitrogens with zero attached hydrogens (tertiary/aromatic N) is 9. The third kappa shape index (κ3) is 11.8. The van der Waals surface area contributed by atoms with Crippen molar-refractivity contribution in [2.24, 2.45) is 0 Å². The first kappa shape index (κ1) is 71.6. The summed E-state index contributed by atoms with van der Waals surface area (Å²) in [5.41, 5.74) is 29.7. The van der Waals surface area contributed by atoms with Gasteiger partial charge in [-0.25, -0.2) is 19.9 Å². The molecule has 0 radical (unpaired) electrons. The molecule has 0 saturated carbocycles. The Kier molecular flexibility index (Phi) is 17.1. The SMILES string of the molecule is CC1(C)c2ccccc2-c2oc3c(-c4ccc(-c5cccc6cccnc56)cc4)cccc3c21.Cc1cccnc1-n1ccc2cc3c4ccccc4n(-c4cc(-c5ccccc5)nc(-c5ccccc5)c4)c3cc21.c1ccc(-c2cccc3c2sc2c3c3ccccc3n2-c2nc(-c3ccccc3)c3c(n2)c2ccccc2n3-c2ccccc2)cc1. The zero-order valence-corrected chi connectivity index (χ0v) is 67.8. The lowest BCUT2D eigenvalue weighted by Gasteiger charge is -2.20. The Hall–Kier alpha value is -15.7. The number of furan rings is 1. The molecule has 1 aliphatic carbocycles. The maximum Gasteiger partial charge on any atom is 0.236 e. The van der Waals surface area contributed by atoms with E-state index in [1.807, 2.05) is 48.0 Å². The Morgan fingerprint density at radius 3 is 1.60 bits per heavy atom. The molecule has 0 fully saturated rings. The summed E-state index contributed by atoms with van der Waals surface area (Å²) in [7, 11) is 0. The van der Waals surface area contributed by atoms with Gasteiger partial charge in [0.05, 0.1) is 55.7 Å². The van der Waals surface area contributed by atoms with Crippen LogP contribution in [0.3, 0.4) is 0 Å². The number of hydrogen-bond donors (Lipinski definition) is 0. The second-order valence-electron chi connectivity index (χ2n) is 31.9. The summed E-state index contributed by atoms with van der Waals surface area (Å²) in [6, 6.07) is 135. The van der Waals surface area contributed by atoms with Crippen molar-refractivity contribution < 1.29 is 4.42 Å². The van der Waals surface area contributed by atoms with Crippen LogP contribution >= 0.6 is 11.3 Å². The van der Waals surface area contributed by atoms with Gasteiger partial charge in [-0.2, -0.15) is 0 Å². The molecule has 0 amide bonds. The standard InChI is InChI=1S/C42H26N4S.C37H26N4.C32H23NO/c1-4-15-27(16-5-1)30-23-14-24-33-36-31-21-10-12-25-34(31)46(41(36)47-40(30)33)42-43-37(28-17-6-2-7-18-28)39-38(44-42)32-22-11-13-26-35(32)45(39)29-19-8-3-9-20-29;1-25-11-10-19-38-37(25)40-20-18-28-21-31-30-16-8-9-17-34(30)41(36(31)24-35(28)40)29-22-32(26-12-4-2-5-13-26)39-33(23-29)27-14-6-3-7-15-27;1-32(2)27-14-4-3-10-25(27)31-28(32)26-13-6-12-24(30(26)34-31)21-17-15-20(16-18-21)23-11-5-8-22-9-7-19-33-29(22)23/h1-26H;2-24H,1H3;3-19H,1-2H3. The highest BCUT2D eigenvalue weighted by Crippen LogP contribution is 2.55. The average molecular weight is 1580 g/mol. The minimum absolute atomic E-state index is 0.0823. The number of hydrogen-bond acceptors (Lipinski definition) is 7. The van der Waals surface area contributed by atoms with Gasteiger partial charge in [0, 0.05) is 122 Å². The third-order valence-electron chi connectivity index (χ3n) is 24.4. The van der Waals surface area contributed by atoms with Gasteiger partial charge in [-0.1, -0.05) is 323 Å². The summed E-state index contributed by atoms with van der Waals surface area (Å²) in [5.74, 6) is 2.64. The van der Waals surface area contributed by atoms with Crippen LogP contribution in [0.4, 0.5) is 0 Å². The predicted molar refractivity (Wildman–Crippen MR) is 506 cm³/mol. The van der Waals surface area contributed by atoms with Crippen LogP contribution in [-0.4, -0.2) is 43.2 Å². The van der Waals surface area contributed by atoms with E-state index in [9.17, 15) is 0 Å². The highest BCUT2D eigenvalue weighted by atomic mass is 32.1. The molecule has 10 nitrogen and oxygen atoms in total. The fraction of sp³-hybridized carbons (Fsp3) is 0.0360. The average Bonchev–Trinajstić information content (AvgIpc) is 1.55. The lowest BCUT2D eigenvalue weighted by atomic mass is 9.81. The Labute approximate surface area is 707 Å². The summed E-state index contributed by atoms with van der Waals surface area (Å²) in [4.78, 5) is 26.6. The lowest BCUT2D eigenvalue weighted by molar-refractivity contribution is 0.620. The molecule has 0 N–H and O–H groups in total. The second-order valence-corrected chi connectivity index (χ2v) is 32.9. The number of benzene rings is 14. The molecule has 10 aromatic heterocycles. The van der Waals surface area contributed by atoms with Crippen molar-refractivity contribution in [1.29, 1.82) is 0 Å². The fourth-order valence-electron chi connectivity index (χ4n) is 18.8. The molecule has 576 valence electrons. The zero-order valence-electron chi connectivity index (χ0n) is 66.9. The van der Waals surface area contributed by atoms with Crippen LogP contribution in [0.5, 0.6) is 0 Å². The first-order valence-electron chi connectivity index (χ1n) is 41.3. The van der Waals surface area contributed by atoms with E-state index in [1.54, 1.807) is 0 Å². The highest BCUT2D eigenvalue weighted by molar-refractivity contribution is 7.26. The van der Waals surface area contributed by atoms with Gasteiger partial charge in [0.25, 0.3) is 0 Å². The van der Waals surface area contributed by atoms with Gasteiger partial charge in [0.1, 0.15) is 33.2 Å². The van der Waals surface area contributed by atoms with Gasteiger partial charge in [0.2, 0.25) is 5.95 Å². The normalized spacial score (nSPS) is 12.3. The summed E-state index contributed by atoms with van der Waals surface area (Å²) >= 11 is 1.82. The molecule has 0 unspecified atom stereocenters. The Morgan fingerprint density at radius 2 is 0.885 bits per heavy atom. The van der Waals surface area contributed by atoms with Crippen LogP contribution in [0.1, 0.15) is 30.5 Å². The second kappa shape index (κ2) is 29.1. The van der Waals surface area contributed by atoms with Crippen LogP contribution in [0.2, 0.25) is 0 Å². The van der Waals surface area contributed by atoms with E-state index in [-0.39, 0.29) is 5.41 Å². The van der Waals surface area contributed by atoms with Crippen molar-refractivity contribution >= 4 is 119 Å². The number of para-hydroxylation sites is 6. The van der Waals surface area contributed by atoms with Crippen LogP contribution in [0.15, 0.2) is 405 Å². The number of fused-ring (bicyclic) bond motifs is 18. The number of pyridine rings is 3. The van der Waals surface area contributed by atoms with E-state index in [0.717, 1.165) is 144 Å². The first-order valence-corrected chi connectivity index (χ1v) is 42.2. The zero-order chi connectivity index (χ0) is 81.1. The molecule has 11 heteroatoms. The van der Waals surface area contributed by atoms with E-state index < -0.39 is 0 Å². The number of aryl methyl sites for hydroxylation is 1. The minimum atomic E-state index is -0.0823. The number of rotatable bonds is 10. The first-order chi connectivity index (χ1) is 60.2. The molecular formula is C111H75N9OS. The molecule has 24 aromatic rings. The lowest BCUT2D eigenvalue weighted by Crippen LogP contribution is -2.14. The van der Waals surface area contributed by atoms with E-state index >= 15 is 0 Å². The molecule has 0 spiro atoms. The summed E-state index contributed by atoms with van der Waals surface area (Å²) < 4.78 is 17.1. The van der Waals surface area contributed by atoms with E-state index in [4.69, 9.17) is 24.4 Å². The minimum Gasteiger partial charge on any atom is -0.455 e. The van der Waals surface area contributed by atoms with Gasteiger partial charge in [0.15, 0.2) is 0 Å². The molecule has 0 bridgehead atoms. The molecule has 0 atom stereocenters. The molecule has 0 saturated heterocycles. The van der Waals surface area contributed by atoms with E-state index in [2.05, 4.69) is 408 Å². The quantitative estimate of drug-likeness (QED) is 0.135. The number of thiophene rings is 1. The maximum absolute atomic E-state index is 6.62. The van der Waals surface area contributed by atoms with E-state index in [0.29, 0.717) is 5.95 Å². The fourth-order valence-corrected chi connectivity index (χ4v) is 20.1. The molecule has 0 aliphatic heterocycles. The van der Waals surface area contributed by atoms with Crippen molar-refractivity contribution in [3.05, 3.63) is 417 Å². The molecule has 25 rings (SSSR count). The third-order valence-corrected chi connectivity index (χ3v) is 25.6. The van der Waals surface area contributed by atoms with Crippen LogP contribution in [0, 0.1) is 6.92 Å². The maximum atomic E-state index is 6.62. The van der Waals surface area contributed by atoms with Crippen molar-refractivity contribution in [1.82, 2.24) is 43.2 Å². The van der Waals surface area contributed by atoms with Gasteiger partial charge in [-0.3, -0.25) is 9.55 Å². The van der Waals surface area contributed by atoms with Crippen molar-refractivity contribution in [2.75, 3.05) is 0 Å². The molecule has 1 aliphatic rings. The Bertz CT molecular complexity index is 8160. The number of aromatic nitrogens is 9. The largest absolute Gasteiger partial charge is 0.455 e. The molecular weight excluding hydrogens is 1510 g/mol. The molecule has 122 heavy (non-hydrogen) atoms. The van der Waals surface area contributed by atoms with Crippen LogP contribution in [0.25, 0.3) is 209 Å². The van der Waals surface area contributed by atoms with Crippen molar-refractivity contribution in [3.63, 3.8) is 0 Å². The predicted octanol–water partition coefficient (Wildman–Crippen LogP) is 29.0. The summed E-state index contributed by atoms with van der Waals surface area (Å²) in [6.07, 6.45) is 5.84. The van der Waals surface area contributed by atoms with Gasteiger partial charge in [-0.05, 0) is 113 Å². The van der Waals surface area contributed by atoms with Crippen LogP contribution < -0.4 is 0 Å². The summed E-state index contributed by atoms with van der Waals surface area (Å²) in [6.45, 7) is 6.70. The molecule has 14 aromatic carbocycles. The van der Waals surface area contributed by atoms with Crippen molar-refractivity contribution in [3.8, 4) is 102 Å². The van der Waals surface area contributed by atoms with Crippen molar-refractivity contribution in [2.45, 2.75) is 26.2 Å². The van der Waals surface area contributed by atoms with E-state index in [1.165, 1.54) is 75.7 Å². The van der Waals surface area contributed by atoms with Crippen LogP contribution in [-0.2, 0) is 5.41 Å². The van der Waals surface area contributed by atoms with Gasteiger partial charge in [-0.15, -0.1) is 11.3 Å². The van der Waals surface area contributed by atoms with Gasteiger partial charge >= 0.3 is 0 Å². The summed E-state index contributed by atoms with van der Waals surface area (Å²) in [5, 5.41) is 10.8.